The summed E-state index contributed by atoms with van der Waals surface area (Å²) in [4.78, 5) is 0. The lowest BCUT2D eigenvalue weighted by molar-refractivity contribution is 0.163. The third-order valence-corrected chi connectivity index (χ3v) is 4.37. The maximum absolute atomic E-state index is 9.90. The zero-order chi connectivity index (χ0) is 16.5. The van der Waals surface area contributed by atoms with Crippen LogP contribution in [0.25, 0.3) is 0 Å². The summed E-state index contributed by atoms with van der Waals surface area (Å²) in [6.45, 7) is 6.86. The molecule has 0 radical (unpaired) electrons. The first-order valence-corrected chi connectivity index (χ1v) is 9.99. The first kappa shape index (κ1) is 21.7. The van der Waals surface area contributed by atoms with E-state index in [9.17, 15) is 5.11 Å². The molecule has 0 aromatic heterocycles. The van der Waals surface area contributed by atoms with Crippen molar-refractivity contribution in [1.29, 1.82) is 0 Å². The van der Waals surface area contributed by atoms with E-state index >= 15 is 0 Å². The molecule has 0 spiro atoms. The molecule has 0 saturated heterocycles. The molecule has 0 aliphatic carbocycles. The predicted octanol–water partition coefficient (Wildman–Crippen LogP) is 7.04. The molecule has 0 fully saturated rings. The van der Waals surface area contributed by atoms with Gasteiger partial charge in [-0.3, -0.25) is 0 Å². The van der Waals surface area contributed by atoms with Crippen LogP contribution in [0.4, 0.5) is 0 Å². The SMILES string of the molecule is CCCCCCC[C@H](O)C/C=C/CCCCCCCC(C)C. The van der Waals surface area contributed by atoms with Crippen molar-refractivity contribution in [1.82, 2.24) is 0 Å². The maximum atomic E-state index is 9.90. The highest BCUT2D eigenvalue weighted by molar-refractivity contribution is 4.84. The lowest BCUT2D eigenvalue weighted by Crippen LogP contribution is -2.04. The topological polar surface area (TPSA) is 20.2 Å². The van der Waals surface area contributed by atoms with Crippen molar-refractivity contribution in [2.24, 2.45) is 5.92 Å². The Morgan fingerprint density at radius 1 is 0.727 bits per heavy atom. The van der Waals surface area contributed by atoms with E-state index in [1.807, 2.05) is 0 Å². The van der Waals surface area contributed by atoms with Gasteiger partial charge in [-0.25, -0.2) is 0 Å². The molecule has 1 heteroatoms. The van der Waals surface area contributed by atoms with Crippen LogP contribution in [0.3, 0.4) is 0 Å². The van der Waals surface area contributed by atoms with Crippen molar-refractivity contribution in [3.63, 3.8) is 0 Å². The fourth-order valence-electron chi connectivity index (χ4n) is 2.82. The molecule has 0 aliphatic heterocycles. The maximum Gasteiger partial charge on any atom is 0.0574 e. The molecule has 1 atom stereocenters. The minimum atomic E-state index is -0.117. The van der Waals surface area contributed by atoms with Gasteiger partial charge >= 0.3 is 0 Å². The van der Waals surface area contributed by atoms with Crippen molar-refractivity contribution in [3.8, 4) is 0 Å². The Kier molecular flexibility index (Phi) is 16.8. The summed E-state index contributed by atoms with van der Waals surface area (Å²) >= 11 is 0. The second kappa shape index (κ2) is 17.1. The molecule has 0 bridgehead atoms. The van der Waals surface area contributed by atoms with Gasteiger partial charge in [0.25, 0.3) is 0 Å². The highest BCUT2D eigenvalue weighted by Gasteiger charge is 2.00. The first-order valence-electron chi connectivity index (χ1n) is 9.99. The molecule has 0 unspecified atom stereocenters. The number of hydrogen-bond acceptors (Lipinski definition) is 1. The number of hydrogen-bond donors (Lipinski definition) is 1. The van der Waals surface area contributed by atoms with Crippen LogP contribution in [0, 0.1) is 5.92 Å². The summed E-state index contributed by atoms with van der Waals surface area (Å²) in [5.74, 6) is 0.862. The van der Waals surface area contributed by atoms with E-state index < -0.39 is 0 Å². The zero-order valence-electron chi connectivity index (χ0n) is 15.7. The smallest absolute Gasteiger partial charge is 0.0574 e. The molecule has 22 heavy (non-hydrogen) atoms. The van der Waals surface area contributed by atoms with Crippen LogP contribution in [0.15, 0.2) is 12.2 Å². The van der Waals surface area contributed by atoms with E-state index in [0.29, 0.717) is 0 Å². The molecule has 0 saturated carbocycles. The minimum absolute atomic E-state index is 0.117. The van der Waals surface area contributed by atoms with Crippen molar-refractivity contribution < 1.29 is 5.11 Å². The van der Waals surface area contributed by atoms with Crippen molar-refractivity contribution >= 4 is 0 Å². The van der Waals surface area contributed by atoms with Crippen LogP contribution in [0.5, 0.6) is 0 Å². The Morgan fingerprint density at radius 3 is 2.00 bits per heavy atom. The van der Waals surface area contributed by atoms with Crippen LogP contribution in [-0.2, 0) is 0 Å². The summed E-state index contributed by atoms with van der Waals surface area (Å²) in [6, 6.07) is 0. The molecular formula is C21H42O. The molecule has 1 nitrogen and oxygen atoms in total. The van der Waals surface area contributed by atoms with Gasteiger partial charge in [0.2, 0.25) is 0 Å². The summed E-state index contributed by atoms with van der Waals surface area (Å²) in [7, 11) is 0. The molecule has 1 N–H and O–H groups in total. The molecular weight excluding hydrogens is 268 g/mol. The summed E-state index contributed by atoms with van der Waals surface area (Å²) in [5, 5.41) is 9.90. The molecule has 0 amide bonds. The van der Waals surface area contributed by atoms with Gasteiger partial charge in [-0.15, -0.1) is 0 Å². The van der Waals surface area contributed by atoms with Crippen molar-refractivity contribution in [2.75, 3.05) is 0 Å². The largest absolute Gasteiger partial charge is 0.393 e. The molecule has 0 heterocycles. The standard InChI is InChI=1S/C21H42O/c1-4-5-6-11-15-18-21(22)19-16-13-10-8-7-9-12-14-17-20(2)3/h13,16,20-22H,4-12,14-15,17-19H2,1-3H3/b16-13+/t21-/m0/s1. The fourth-order valence-corrected chi connectivity index (χ4v) is 2.82. The van der Waals surface area contributed by atoms with Crippen LogP contribution >= 0.6 is 0 Å². The quantitative estimate of drug-likeness (QED) is 0.239. The highest BCUT2D eigenvalue weighted by atomic mass is 16.3. The number of aliphatic hydroxyl groups excluding tert-OH is 1. The minimum Gasteiger partial charge on any atom is -0.393 e. The van der Waals surface area contributed by atoms with Crippen LogP contribution in [0.2, 0.25) is 0 Å². The van der Waals surface area contributed by atoms with E-state index in [1.165, 1.54) is 77.0 Å². The van der Waals surface area contributed by atoms with Gasteiger partial charge in [-0.2, -0.15) is 0 Å². The molecule has 0 rings (SSSR count). The fraction of sp³-hybridized carbons (Fsp3) is 0.905. The third kappa shape index (κ3) is 17.8. The summed E-state index contributed by atoms with van der Waals surface area (Å²) in [5.41, 5.74) is 0. The second-order valence-corrected chi connectivity index (χ2v) is 7.30. The number of allylic oxidation sites excluding steroid dienone is 1. The monoisotopic (exact) mass is 310 g/mol. The van der Waals surface area contributed by atoms with Crippen molar-refractivity contribution in [3.05, 3.63) is 12.2 Å². The zero-order valence-corrected chi connectivity index (χ0v) is 15.7. The van der Waals surface area contributed by atoms with E-state index in [4.69, 9.17) is 0 Å². The Morgan fingerprint density at radius 2 is 1.32 bits per heavy atom. The van der Waals surface area contributed by atoms with Crippen LogP contribution in [0.1, 0.15) is 111 Å². The molecule has 0 aliphatic rings. The summed E-state index contributed by atoms with van der Waals surface area (Å²) in [6.07, 6.45) is 22.0. The van der Waals surface area contributed by atoms with E-state index in [0.717, 1.165) is 18.8 Å². The average Bonchev–Trinajstić information content (AvgIpc) is 2.48. The van der Waals surface area contributed by atoms with Gasteiger partial charge in [0.15, 0.2) is 0 Å². The Hall–Kier alpha value is -0.300. The van der Waals surface area contributed by atoms with E-state index in [-0.39, 0.29) is 6.10 Å². The number of rotatable bonds is 16. The summed E-state index contributed by atoms with van der Waals surface area (Å²) < 4.78 is 0. The Bertz CT molecular complexity index is 232. The van der Waals surface area contributed by atoms with Gasteiger partial charge in [-0.1, -0.05) is 97.1 Å². The Labute approximate surface area is 140 Å². The normalized spacial score (nSPS) is 13.3. The Balaban J connectivity index is 3.25. The predicted molar refractivity (Wildman–Crippen MR) is 100 cm³/mol. The van der Waals surface area contributed by atoms with E-state index in [1.54, 1.807) is 0 Å². The van der Waals surface area contributed by atoms with Crippen molar-refractivity contribution in [2.45, 2.75) is 117 Å². The van der Waals surface area contributed by atoms with Gasteiger partial charge in [0.05, 0.1) is 6.10 Å². The number of unbranched alkanes of at least 4 members (excludes halogenated alkanes) is 9. The van der Waals surface area contributed by atoms with E-state index in [2.05, 4.69) is 32.9 Å². The molecule has 0 aromatic carbocycles. The molecule has 0 aromatic rings. The average molecular weight is 311 g/mol. The van der Waals surface area contributed by atoms with Gasteiger partial charge in [0.1, 0.15) is 0 Å². The van der Waals surface area contributed by atoms with Gasteiger partial charge in [-0.05, 0) is 31.6 Å². The van der Waals surface area contributed by atoms with Gasteiger partial charge in [0, 0.05) is 0 Å². The lowest BCUT2D eigenvalue weighted by Gasteiger charge is -2.07. The third-order valence-electron chi connectivity index (χ3n) is 4.37. The second-order valence-electron chi connectivity index (χ2n) is 7.30. The highest BCUT2D eigenvalue weighted by Crippen LogP contribution is 2.12. The lowest BCUT2D eigenvalue weighted by atomic mass is 10.0. The first-order chi connectivity index (χ1) is 10.7. The molecule has 132 valence electrons. The number of aliphatic hydroxyl groups is 1. The van der Waals surface area contributed by atoms with Gasteiger partial charge < -0.3 is 5.11 Å². The van der Waals surface area contributed by atoms with Crippen LogP contribution < -0.4 is 0 Å². The van der Waals surface area contributed by atoms with Crippen LogP contribution in [-0.4, -0.2) is 11.2 Å².